The first-order valence-electron chi connectivity index (χ1n) is 8.18. The van der Waals surface area contributed by atoms with E-state index in [4.69, 9.17) is 0 Å². The number of aromatic nitrogens is 1. The minimum atomic E-state index is -0.452. The number of hydrogen-bond acceptors (Lipinski definition) is 4. The number of rotatable bonds is 6. The van der Waals surface area contributed by atoms with Crippen LogP contribution in [0.2, 0.25) is 0 Å². The van der Waals surface area contributed by atoms with Crippen LogP contribution in [0.15, 0.2) is 84.0 Å². The van der Waals surface area contributed by atoms with E-state index in [2.05, 4.69) is 10.3 Å². The van der Waals surface area contributed by atoms with Crippen LogP contribution in [0.5, 0.6) is 0 Å². The van der Waals surface area contributed by atoms with Crippen LogP contribution in [0.25, 0.3) is 0 Å². The molecular weight excluding hydrogens is 344 g/mol. The van der Waals surface area contributed by atoms with E-state index < -0.39 is 5.25 Å². The van der Waals surface area contributed by atoms with Gasteiger partial charge in [-0.3, -0.25) is 9.59 Å². The second kappa shape index (κ2) is 8.45. The summed E-state index contributed by atoms with van der Waals surface area (Å²) in [6.07, 6.45) is 1.71. The molecule has 0 aliphatic carbocycles. The Hall–Kier alpha value is -2.92. The molecule has 130 valence electrons. The maximum Gasteiger partial charge on any atom is 0.242 e. The summed E-state index contributed by atoms with van der Waals surface area (Å²) in [4.78, 5) is 28.8. The van der Waals surface area contributed by atoms with Crippen molar-refractivity contribution in [3.05, 3.63) is 90.1 Å². The Morgan fingerprint density at radius 2 is 1.73 bits per heavy atom. The van der Waals surface area contributed by atoms with Gasteiger partial charge in [0.15, 0.2) is 5.78 Å². The highest BCUT2D eigenvalue weighted by Gasteiger charge is 2.22. The first-order valence-corrected chi connectivity index (χ1v) is 9.06. The monoisotopic (exact) mass is 362 g/mol. The highest BCUT2D eigenvalue weighted by Crippen LogP contribution is 2.35. The van der Waals surface area contributed by atoms with Crippen LogP contribution >= 0.6 is 11.8 Å². The Balaban J connectivity index is 1.85. The highest BCUT2D eigenvalue weighted by molar-refractivity contribution is 8.00. The summed E-state index contributed by atoms with van der Waals surface area (Å²) >= 11 is 1.39. The lowest BCUT2D eigenvalue weighted by atomic mass is 10.1. The SMILES string of the molecule is CC(=O)c1cccc(NC(=O)[C@@H](Sc2ccccn2)c2ccccc2)c1. The topological polar surface area (TPSA) is 59.1 Å². The number of ketones is 1. The number of nitrogens with zero attached hydrogens (tertiary/aromatic N) is 1. The van der Waals surface area contributed by atoms with Crippen molar-refractivity contribution in [1.29, 1.82) is 0 Å². The number of amides is 1. The van der Waals surface area contributed by atoms with Gasteiger partial charge in [-0.2, -0.15) is 0 Å². The lowest BCUT2D eigenvalue weighted by Crippen LogP contribution is -2.19. The Labute approximate surface area is 156 Å². The first kappa shape index (κ1) is 17.9. The first-order chi connectivity index (χ1) is 12.6. The molecule has 3 aromatic rings. The number of nitrogens with one attached hydrogen (secondary N) is 1. The van der Waals surface area contributed by atoms with Crippen LogP contribution in [0.1, 0.15) is 28.1 Å². The van der Waals surface area contributed by atoms with Gasteiger partial charge in [0.25, 0.3) is 0 Å². The summed E-state index contributed by atoms with van der Waals surface area (Å²) in [6, 6.07) is 22.1. The van der Waals surface area contributed by atoms with Crippen LogP contribution in [0, 0.1) is 0 Å². The number of anilines is 1. The maximum atomic E-state index is 13.0. The lowest BCUT2D eigenvalue weighted by Gasteiger charge is -2.17. The minimum absolute atomic E-state index is 0.0384. The average Bonchev–Trinajstić information content (AvgIpc) is 2.67. The third-order valence-electron chi connectivity index (χ3n) is 3.75. The van der Waals surface area contributed by atoms with Gasteiger partial charge in [0.2, 0.25) is 5.91 Å². The van der Waals surface area contributed by atoms with Crippen molar-refractivity contribution in [3.63, 3.8) is 0 Å². The number of Topliss-reactive ketones (excluding diaryl/α,β-unsaturated/α-hetero) is 1. The second-order valence-corrected chi connectivity index (χ2v) is 6.83. The number of pyridine rings is 1. The van der Waals surface area contributed by atoms with Crippen molar-refractivity contribution >= 4 is 29.1 Å². The Morgan fingerprint density at radius 3 is 2.42 bits per heavy atom. The molecule has 3 rings (SSSR count). The molecule has 2 aromatic carbocycles. The molecule has 1 aromatic heterocycles. The Bertz CT molecular complexity index is 898. The molecule has 1 atom stereocenters. The summed E-state index contributed by atoms with van der Waals surface area (Å²) in [7, 11) is 0. The molecular formula is C21H18N2O2S. The summed E-state index contributed by atoms with van der Waals surface area (Å²) < 4.78 is 0. The number of thioether (sulfide) groups is 1. The number of carbonyl (C=O) groups is 2. The number of benzene rings is 2. The van der Waals surface area contributed by atoms with Gasteiger partial charge in [-0.1, -0.05) is 60.3 Å². The van der Waals surface area contributed by atoms with Crippen molar-refractivity contribution in [3.8, 4) is 0 Å². The average molecular weight is 362 g/mol. The standard InChI is InChI=1S/C21H18N2O2S/c1-15(24)17-10-7-11-18(14-17)23-21(25)20(16-8-3-2-4-9-16)26-19-12-5-6-13-22-19/h2-14,20H,1H3,(H,23,25)/t20-/m0/s1. The molecule has 1 amide bonds. The van der Waals surface area contributed by atoms with Gasteiger partial charge >= 0.3 is 0 Å². The Kier molecular flexibility index (Phi) is 5.81. The fraction of sp³-hybridized carbons (Fsp3) is 0.0952. The fourth-order valence-corrected chi connectivity index (χ4v) is 3.44. The van der Waals surface area contributed by atoms with Gasteiger partial charge < -0.3 is 5.32 Å². The van der Waals surface area contributed by atoms with Crippen LogP contribution in [0.4, 0.5) is 5.69 Å². The van der Waals surface area contributed by atoms with Crippen molar-refractivity contribution in [2.45, 2.75) is 17.2 Å². The van der Waals surface area contributed by atoms with Gasteiger partial charge in [-0.15, -0.1) is 0 Å². The molecule has 0 saturated carbocycles. The zero-order valence-corrected chi connectivity index (χ0v) is 15.1. The van der Waals surface area contributed by atoms with E-state index in [1.807, 2.05) is 48.5 Å². The van der Waals surface area contributed by atoms with E-state index in [0.717, 1.165) is 10.6 Å². The molecule has 26 heavy (non-hydrogen) atoms. The van der Waals surface area contributed by atoms with Gasteiger partial charge in [0.05, 0.1) is 5.03 Å². The van der Waals surface area contributed by atoms with E-state index in [0.29, 0.717) is 11.3 Å². The molecule has 0 bridgehead atoms. The molecule has 1 N–H and O–H groups in total. The highest BCUT2D eigenvalue weighted by atomic mass is 32.2. The molecule has 5 heteroatoms. The van der Waals surface area contributed by atoms with Crippen LogP contribution in [-0.2, 0) is 4.79 Å². The third-order valence-corrected chi connectivity index (χ3v) is 4.96. The van der Waals surface area contributed by atoms with E-state index in [-0.39, 0.29) is 11.7 Å². The van der Waals surface area contributed by atoms with E-state index in [9.17, 15) is 9.59 Å². The van der Waals surface area contributed by atoms with Crippen molar-refractivity contribution in [2.24, 2.45) is 0 Å². The predicted molar refractivity (Wildman–Crippen MR) is 104 cm³/mol. The van der Waals surface area contributed by atoms with Gasteiger partial charge in [-0.25, -0.2) is 4.98 Å². The fourth-order valence-electron chi connectivity index (χ4n) is 2.46. The van der Waals surface area contributed by atoms with Crippen LogP contribution in [0.3, 0.4) is 0 Å². The summed E-state index contributed by atoms with van der Waals surface area (Å²) in [5, 5.41) is 3.24. The molecule has 4 nitrogen and oxygen atoms in total. The molecule has 0 fully saturated rings. The zero-order valence-electron chi connectivity index (χ0n) is 14.3. The molecule has 1 heterocycles. The summed E-state index contributed by atoms with van der Waals surface area (Å²) in [6.45, 7) is 1.50. The van der Waals surface area contributed by atoms with E-state index in [1.54, 1.807) is 30.5 Å². The zero-order chi connectivity index (χ0) is 18.4. The smallest absolute Gasteiger partial charge is 0.242 e. The predicted octanol–water partition coefficient (Wildman–Crippen LogP) is 4.76. The molecule has 0 aliphatic rings. The molecule has 0 aliphatic heterocycles. The molecule has 0 spiro atoms. The third kappa shape index (κ3) is 4.58. The normalized spacial score (nSPS) is 11.6. The summed E-state index contributed by atoms with van der Waals surface area (Å²) in [5.41, 5.74) is 2.06. The number of hydrogen-bond donors (Lipinski definition) is 1. The largest absolute Gasteiger partial charge is 0.325 e. The van der Waals surface area contributed by atoms with Crippen molar-refractivity contribution < 1.29 is 9.59 Å². The molecule has 0 radical (unpaired) electrons. The van der Waals surface area contributed by atoms with Crippen LogP contribution in [-0.4, -0.2) is 16.7 Å². The van der Waals surface area contributed by atoms with Crippen molar-refractivity contribution in [2.75, 3.05) is 5.32 Å². The summed E-state index contributed by atoms with van der Waals surface area (Å²) in [5.74, 6) is -0.198. The van der Waals surface area contributed by atoms with Gasteiger partial charge in [0.1, 0.15) is 5.25 Å². The maximum absolute atomic E-state index is 13.0. The molecule has 0 unspecified atom stereocenters. The van der Waals surface area contributed by atoms with E-state index in [1.165, 1.54) is 18.7 Å². The van der Waals surface area contributed by atoms with E-state index >= 15 is 0 Å². The van der Waals surface area contributed by atoms with Crippen LogP contribution < -0.4 is 5.32 Å². The number of carbonyl (C=O) groups excluding carboxylic acids is 2. The quantitative estimate of drug-likeness (QED) is 0.507. The van der Waals surface area contributed by atoms with Gasteiger partial charge in [-0.05, 0) is 36.8 Å². The minimum Gasteiger partial charge on any atom is -0.325 e. The van der Waals surface area contributed by atoms with Crippen molar-refractivity contribution in [1.82, 2.24) is 4.98 Å². The lowest BCUT2D eigenvalue weighted by molar-refractivity contribution is -0.115. The van der Waals surface area contributed by atoms with Gasteiger partial charge in [0, 0.05) is 17.4 Å². The Morgan fingerprint density at radius 1 is 0.962 bits per heavy atom. The second-order valence-electron chi connectivity index (χ2n) is 5.70. The molecule has 0 saturated heterocycles.